The van der Waals surface area contributed by atoms with Crippen LogP contribution < -0.4 is 9.80 Å². The van der Waals surface area contributed by atoms with Crippen LogP contribution in [0.4, 0.5) is 34.1 Å². The SMILES string of the molecule is c1ccc(N(c2ccccc2)c2cc(N(c3ccccc3)c3ccccc3)c3c4ccccc4n(-c4ccc5c6cc7ccccc7cc6n(-c6ccccc6)c5c4)c3c2)cc1. The summed E-state index contributed by atoms with van der Waals surface area (Å²) in [6.45, 7) is 0. The van der Waals surface area contributed by atoms with E-state index in [1.165, 1.54) is 37.8 Å². The molecule has 0 saturated heterocycles. The van der Waals surface area contributed by atoms with Crippen LogP contribution in [0.2, 0.25) is 0 Å². The summed E-state index contributed by atoms with van der Waals surface area (Å²) in [4.78, 5) is 4.79. The molecule has 0 radical (unpaired) electrons. The van der Waals surface area contributed by atoms with E-state index >= 15 is 0 Å². The number of para-hydroxylation sites is 6. The van der Waals surface area contributed by atoms with Gasteiger partial charge in [-0.05, 0) is 114 Å². The maximum absolute atomic E-state index is 2.48. The van der Waals surface area contributed by atoms with Gasteiger partial charge >= 0.3 is 0 Å². The van der Waals surface area contributed by atoms with Crippen molar-refractivity contribution in [2.45, 2.75) is 0 Å². The first kappa shape index (κ1) is 35.6. The molecule has 0 saturated carbocycles. The maximum Gasteiger partial charge on any atom is 0.0583 e. The zero-order valence-electron chi connectivity index (χ0n) is 33.9. The summed E-state index contributed by atoms with van der Waals surface area (Å²) in [6, 6.07) is 87.7. The molecule has 0 aliphatic rings. The number of anilines is 6. The van der Waals surface area contributed by atoms with Crippen molar-refractivity contribution in [2.24, 2.45) is 0 Å². The largest absolute Gasteiger partial charge is 0.310 e. The summed E-state index contributed by atoms with van der Waals surface area (Å²) in [6.07, 6.45) is 0. The number of aromatic nitrogens is 2. The molecule has 0 bridgehead atoms. The molecule has 2 heterocycles. The lowest BCUT2D eigenvalue weighted by Gasteiger charge is -2.30. The molecule has 0 aliphatic carbocycles. The number of fused-ring (bicyclic) bond motifs is 7. The minimum Gasteiger partial charge on any atom is -0.310 e. The molecular weight excluding hydrogens is 753 g/mol. The molecule has 4 nitrogen and oxygen atoms in total. The van der Waals surface area contributed by atoms with E-state index in [9.17, 15) is 0 Å². The van der Waals surface area contributed by atoms with E-state index in [0.29, 0.717) is 0 Å². The van der Waals surface area contributed by atoms with Gasteiger partial charge in [-0.3, -0.25) is 0 Å². The van der Waals surface area contributed by atoms with Gasteiger partial charge in [-0.2, -0.15) is 0 Å². The predicted molar refractivity (Wildman–Crippen MR) is 262 cm³/mol. The van der Waals surface area contributed by atoms with Crippen molar-refractivity contribution in [3.63, 3.8) is 0 Å². The van der Waals surface area contributed by atoms with Gasteiger partial charge in [-0.25, -0.2) is 0 Å². The number of nitrogens with zero attached hydrogens (tertiary/aromatic N) is 4. The van der Waals surface area contributed by atoms with Crippen molar-refractivity contribution >= 4 is 88.5 Å². The van der Waals surface area contributed by atoms with Gasteiger partial charge in [0.2, 0.25) is 0 Å². The Morgan fingerprint density at radius 1 is 0.258 bits per heavy atom. The molecule has 292 valence electrons. The Morgan fingerprint density at radius 3 is 1.35 bits per heavy atom. The maximum atomic E-state index is 2.48. The van der Waals surface area contributed by atoms with E-state index in [0.717, 1.165) is 62.0 Å². The number of rotatable bonds is 8. The van der Waals surface area contributed by atoms with Gasteiger partial charge in [0.15, 0.2) is 0 Å². The van der Waals surface area contributed by atoms with E-state index in [1.807, 2.05) is 0 Å². The van der Waals surface area contributed by atoms with E-state index in [1.54, 1.807) is 0 Å². The van der Waals surface area contributed by atoms with Crippen LogP contribution in [-0.2, 0) is 0 Å². The Hall–Kier alpha value is -8.34. The first-order valence-corrected chi connectivity index (χ1v) is 21.2. The molecule has 12 rings (SSSR count). The lowest BCUT2D eigenvalue weighted by molar-refractivity contribution is 1.15. The molecule has 2 aromatic heterocycles. The zero-order valence-corrected chi connectivity index (χ0v) is 33.9. The van der Waals surface area contributed by atoms with Gasteiger partial charge < -0.3 is 18.9 Å². The summed E-state index contributed by atoms with van der Waals surface area (Å²) in [7, 11) is 0. The van der Waals surface area contributed by atoms with Crippen molar-refractivity contribution in [1.82, 2.24) is 9.13 Å². The Morgan fingerprint density at radius 2 is 0.742 bits per heavy atom. The van der Waals surface area contributed by atoms with Crippen LogP contribution in [0.15, 0.2) is 243 Å². The quantitative estimate of drug-likeness (QED) is 0.152. The van der Waals surface area contributed by atoms with E-state index in [-0.39, 0.29) is 0 Å². The molecule has 4 heteroatoms. The average Bonchev–Trinajstić information content (AvgIpc) is 3.84. The highest BCUT2D eigenvalue weighted by atomic mass is 15.2. The summed E-state index contributed by atoms with van der Waals surface area (Å²) in [5.41, 5.74) is 13.3. The number of hydrogen-bond donors (Lipinski definition) is 0. The van der Waals surface area contributed by atoms with Gasteiger partial charge in [-0.15, -0.1) is 0 Å². The number of hydrogen-bond acceptors (Lipinski definition) is 2. The highest BCUT2D eigenvalue weighted by molar-refractivity contribution is 6.19. The Bertz CT molecular complexity index is 3480. The predicted octanol–water partition coefficient (Wildman–Crippen LogP) is 16.0. The molecule has 0 amide bonds. The van der Waals surface area contributed by atoms with E-state index in [4.69, 9.17) is 0 Å². The molecule has 12 aromatic rings. The topological polar surface area (TPSA) is 16.3 Å². The van der Waals surface area contributed by atoms with Crippen LogP contribution in [0.1, 0.15) is 0 Å². The van der Waals surface area contributed by atoms with Crippen LogP contribution in [0.5, 0.6) is 0 Å². The van der Waals surface area contributed by atoms with Crippen LogP contribution in [-0.4, -0.2) is 9.13 Å². The second-order valence-corrected chi connectivity index (χ2v) is 15.8. The van der Waals surface area contributed by atoms with Crippen molar-refractivity contribution in [3.8, 4) is 11.4 Å². The van der Waals surface area contributed by atoms with Gasteiger partial charge in [-0.1, -0.05) is 140 Å². The van der Waals surface area contributed by atoms with Gasteiger partial charge in [0.25, 0.3) is 0 Å². The van der Waals surface area contributed by atoms with Crippen LogP contribution in [0.25, 0.3) is 65.8 Å². The fourth-order valence-electron chi connectivity index (χ4n) is 9.51. The molecule has 62 heavy (non-hydrogen) atoms. The van der Waals surface area contributed by atoms with Crippen molar-refractivity contribution in [1.29, 1.82) is 0 Å². The monoisotopic (exact) mass is 792 g/mol. The molecule has 0 unspecified atom stereocenters. The van der Waals surface area contributed by atoms with E-state index < -0.39 is 0 Å². The van der Waals surface area contributed by atoms with E-state index in [2.05, 4.69) is 262 Å². The van der Waals surface area contributed by atoms with Gasteiger partial charge in [0, 0.05) is 55.7 Å². The fourth-order valence-corrected chi connectivity index (χ4v) is 9.51. The standard InChI is InChI=1S/C58H40N4/c1-6-22-43(23-7-1)59(44-24-8-2-9-25-44)49-39-56(60(45-26-10-3-11-27-45)46-28-12-4-13-29-46)58-51-32-18-19-33-53(51)62(57(58)40-49)48-34-35-50-52-36-41-20-16-17-21-42(41)37-54(52)61(55(50)38-48)47-30-14-5-15-31-47/h1-40H. The van der Waals surface area contributed by atoms with Crippen molar-refractivity contribution in [2.75, 3.05) is 9.80 Å². The third-order valence-electron chi connectivity index (χ3n) is 12.2. The highest BCUT2D eigenvalue weighted by Crippen LogP contribution is 2.48. The fraction of sp³-hybridized carbons (Fsp3) is 0. The molecule has 0 N–H and O–H groups in total. The highest BCUT2D eigenvalue weighted by Gasteiger charge is 2.25. The molecule has 0 atom stereocenters. The molecule has 0 aliphatic heterocycles. The molecule has 0 fully saturated rings. The molecule has 0 spiro atoms. The van der Waals surface area contributed by atoms with Crippen molar-refractivity contribution in [3.05, 3.63) is 243 Å². The second-order valence-electron chi connectivity index (χ2n) is 15.8. The number of benzene rings is 10. The van der Waals surface area contributed by atoms with Crippen LogP contribution in [0, 0.1) is 0 Å². The summed E-state index contributed by atoms with van der Waals surface area (Å²) < 4.78 is 4.91. The zero-order chi connectivity index (χ0) is 41.0. The minimum absolute atomic E-state index is 1.05. The minimum atomic E-state index is 1.05. The Balaban J connectivity index is 1.21. The first-order valence-electron chi connectivity index (χ1n) is 21.2. The third-order valence-corrected chi connectivity index (χ3v) is 12.2. The average molecular weight is 793 g/mol. The summed E-state index contributed by atoms with van der Waals surface area (Å²) in [5, 5.41) is 7.28. The van der Waals surface area contributed by atoms with Crippen molar-refractivity contribution < 1.29 is 0 Å². The summed E-state index contributed by atoms with van der Waals surface area (Å²) in [5.74, 6) is 0. The first-order chi connectivity index (χ1) is 30.8. The molecular formula is C58H40N4. The normalized spacial score (nSPS) is 11.5. The third kappa shape index (κ3) is 5.84. The van der Waals surface area contributed by atoms with Gasteiger partial charge in [0.1, 0.15) is 0 Å². The molecule has 10 aromatic carbocycles. The van der Waals surface area contributed by atoms with Gasteiger partial charge in [0.05, 0.1) is 33.4 Å². The van der Waals surface area contributed by atoms with Crippen LogP contribution in [0.3, 0.4) is 0 Å². The second kappa shape index (κ2) is 14.7. The smallest absolute Gasteiger partial charge is 0.0583 e. The lowest BCUT2D eigenvalue weighted by Crippen LogP contribution is -2.14. The Kier molecular flexibility index (Phi) is 8.46. The Labute approximate surface area is 360 Å². The van der Waals surface area contributed by atoms with Crippen LogP contribution >= 0.6 is 0 Å². The summed E-state index contributed by atoms with van der Waals surface area (Å²) >= 11 is 0. The lowest BCUT2D eigenvalue weighted by atomic mass is 10.1.